The monoisotopic (exact) mass is 420 g/mol. The summed E-state index contributed by atoms with van der Waals surface area (Å²) in [6.07, 6.45) is 0. The van der Waals surface area contributed by atoms with Gasteiger partial charge < -0.3 is 14.8 Å². The van der Waals surface area contributed by atoms with E-state index in [2.05, 4.69) is 26.6 Å². The van der Waals surface area contributed by atoms with Crippen molar-refractivity contribution in [3.05, 3.63) is 58.1 Å². The van der Waals surface area contributed by atoms with Gasteiger partial charge in [-0.05, 0) is 65.2 Å². The van der Waals surface area contributed by atoms with Gasteiger partial charge in [0, 0.05) is 12.6 Å². The van der Waals surface area contributed by atoms with Crippen LogP contribution >= 0.6 is 15.9 Å². The maximum Gasteiger partial charge on any atom is 0.237 e. The van der Waals surface area contributed by atoms with Crippen LogP contribution < -0.4 is 20.1 Å². The van der Waals surface area contributed by atoms with Crippen LogP contribution in [0, 0.1) is 0 Å². The highest BCUT2D eigenvalue weighted by Gasteiger charge is 2.16. The molecule has 1 amide bonds. The Kier molecular flexibility index (Phi) is 7.48. The largest absolute Gasteiger partial charge is 0.497 e. The fraction of sp³-hybridized carbons (Fsp3) is 0.350. The molecule has 2 N–H and O–H groups in total. The van der Waals surface area contributed by atoms with E-state index in [-0.39, 0.29) is 18.0 Å². The molecule has 0 aliphatic rings. The highest BCUT2D eigenvalue weighted by atomic mass is 79.9. The normalized spacial score (nSPS) is 13.0. The lowest BCUT2D eigenvalue weighted by Gasteiger charge is -2.20. The molecule has 0 saturated carbocycles. The molecule has 2 aromatic carbocycles. The number of hydrogen-bond acceptors (Lipinski definition) is 4. The summed E-state index contributed by atoms with van der Waals surface area (Å²) in [7, 11) is 3.27. The second-order valence-corrected chi connectivity index (χ2v) is 6.92. The first-order valence-electron chi connectivity index (χ1n) is 8.44. The Morgan fingerprint density at radius 1 is 1.08 bits per heavy atom. The Balaban J connectivity index is 1.88. The fourth-order valence-corrected chi connectivity index (χ4v) is 3.14. The third-order valence-corrected chi connectivity index (χ3v) is 4.81. The number of halogens is 1. The van der Waals surface area contributed by atoms with Gasteiger partial charge in [0.25, 0.3) is 0 Å². The number of amides is 1. The molecule has 0 aliphatic heterocycles. The lowest BCUT2D eigenvalue weighted by atomic mass is 10.1. The summed E-state index contributed by atoms with van der Waals surface area (Å²) >= 11 is 3.49. The lowest BCUT2D eigenvalue weighted by molar-refractivity contribution is -0.123. The third kappa shape index (κ3) is 5.47. The molecule has 140 valence electrons. The highest BCUT2D eigenvalue weighted by molar-refractivity contribution is 9.10. The number of ether oxygens (including phenoxy) is 2. The minimum absolute atomic E-state index is 0.0268. The first-order chi connectivity index (χ1) is 12.4. The quantitative estimate of drug-likeness (QED) is 0.681. The number of nitrogens with one attached hydrogen (secondary N) is 2. The molecule has 2 aromatic rings. The van der Waals surface area contributed by atoms with E-state index in [9.17, 15) is 4.79 Å². The molecular formula is C20H25BrN2O3. The number of carbonyl (C=O) groups is 1. The van der Waals surface area contributed by atoms with Gasteiger partial charge in [0.15, 0.2) is 0 Å². The van der Waals surface area contributed by atoms with Crippen LogP contribution in [0.2, 0.25) is 0 Å². The number of carbonyl (C=O) groups excluding carboxylic acids is 1. The summed E-state index contributed by atoms with van der Waals surface area (Å²) in [6, 6.07) is 13.2. The van der Waals surface area contributed by atoms with Crippen LogP contribution in [0.3, 0.4) is 0 Å². The molecule has 0 spiro atoms. The summed E-state index contributed by atoms with van der Waals surface area (Å²) in [4.78, 5) is 12.3. The van der Waals surface area contributed by atoms with E-state index in [0.29, 0.717) is 6.54 Å². The van der Waals surface area contributed by atoms with Gasteiger partial charge in [-0.25, -0.2) is 0 Å². The first kappa shape index (κ1) is 20.3. The molecule has 2 atom stereocenters. The van der Waals surface area contributed by atoms with Gasteiger partial charge in [0.2, 0.25) is 5.91 Å². The summed E-state index contributed by atoms with van der Waals surface area (Å²) in [5.41, 5.74) is 2.10. The van der Waals surface area contributed by atoms with Crippen molar-refractivity contribution >= 4 is 21.8 Å². The summed E-state index contributed by atoms with van der Waals surface area (Å²) < 4.78 is 11.3. The molecule has 0 aromatic heterocycles. The van der Waals surface area contributed by atoms with Crippen LogP contribution in [0.25, 0.3) is 0 Å². The maximum absolute atomic E-state index is 12.3. The van der Waals surface area contributed by atoms with Crippen molar-refractivity contribution in [1.82, 2.24) is 10.6 Å². The predicted octanol–water partition coefficient (Wildman–Crippen LogP) is 3.82. The van der Waals surface area contributed by atoms with Crippen molar-refractivity contribution in [2.45, 2.75) is 32.5 Å². The van der Waals surface area contributed by atoms with E-state index in [1.807, 2.05) is 56.3 Å². The molecule has 2 rings (SSSR count). The Hall–Kier alpha value is -2.05. The topological polar surface area (TPSA) is 59.6 Å². The van der Waals surface area contributed by atoms with Crippen LogP contribution in [0.4, 0.5) is 0 Å². The van der Waals surface area contributed by atoms with Crippen molar-refractivity contribution < 1.29 is 14.3 Å². The Morgan fingerprint density at radius 2 is 1.77 bits per heavy atom. The SMILES string of the molecule is COc1ccc(CNC(=O)[C@@H](C)N[C@H](C)c2ccc(OC)c(Br)c2)cc1. The van der Waals surface area contributed by atoms with Gasteiger partial charge in [-0.1, -0.05) is 18.2 Å². The summed E-state index contributed by atoms with van der Waals surface area (Å²) in [6.45, 7) is 4.37. The van der Waals surface area contributed by atoms with E-state index in [0.717, 1.165) is 27.1 Å². The standard InChI is InChI=1S/C20H25BrN2O3/c1-13(16-7-10-19(26-4)18(21)11-16)23-14(2)20(24)22-12-15-5-8-17(25-3)9-6-15/h5-11,13-14,23H,12H2,1-4H3,(H,22,24)/t13-,14-/m1/s1. The van der Waals surface area contributed by atoms with E-state index in [4.69, 9.17) is 9.47 Å². The number of hydrogen-bond donors (Lipinski definition) is 2. The summed E-state index contributed by atoms with van der Waals surface area (Å²) in [5.74, 6) is 1.54. The van der Waals surface area contributed by atoms with Crippen molar-refractivity contribution in [2.75, 3.05) is 14.2 Å². The smallest absolute Gasteiger partial charge is 0.237 e. The zero-order valence-electron chi connectivity index (χ0n) is 15.5. The average Bonchev–Trinajstić information content (AvgIpc) is 2.66. The Labute approximate surface area is 163 Å². The van der Waals surface area contributed by atoms with Crippen molar-refractivity contribution in [3.8, 4) is 11.5 Å². The minimum Gasteiger partial charge on any atom is -0.497 e. The van der Waals surface area contributed by atoms with Crippen LogP contribution in [-0.2, 0) is 11.3 Å². The molecule has 0 saturated heterocycles. The highest BCUT2D eigenvalue weighted by Crippen LogP contribution is 2.28. The Bertz CT molecular complexity index is 734. The van der Waals surface area contributed by atoms with Gasteiger partial charge in [-0.15, -0.1) is 0 Å². The molecule has 6 heteroatoms. The van der Waals surface area contributed by atoms with Crippen molar-refractivity contribution in [2.24, 2.45) is 0 Å². The first-order valence-corrected chi connectivity index (χ1v) is 9.24. The molecule has 0 bridgehead atoms. The minimum atomic E-state index is -0.316. The molecule has 0 fully saturated rings. The molecular weight excluding hydrogens is 396 g/mol. The fourth-order valence-electron chi connectivity index (χ4n) is 2.58. The van der Waals surface area contributed by atoms with Gasteiger partial charge in [-0.2, -0.15) is 0 Å². The third-order valence-electron chi connectivity index (χ3n) is 4.19. The number of benzene rings is 2. The predicted molar refractivity (Wildman–Crippen MR) is 107 cm³/mol. The second-order valence-electron chi connectivity index (χ2n) is 6.07. The molecule has 5 nitrogen and oxygen atoms in total. The van der Waals surface area contributed by atoms with Crippen LogP contribution in [0.1, 0.15) is 31.0 Å². The van der Waals surface area contributed by atoms with Gasteiger partial charge in [0.1, 0.15) is 11.5 Å². The maximum atomic E-state index is 12.3. The van der Waals surface area contributed by atoms with E-state index < -0.39 is 0 Å². The zero-order chi connectivity index (χ0) is 19.1. The van der Waals surface area contributed by atoms with Gasteiger partial charge >= 0.3 is 0 Å². The summed E-state index contributed by atoms with van der Waals surface area (Å²) in [5, 5.41) is 6.27. The van der Waals surface area contributed by atoms with Crippen LogP contribution in [-0.4, -0.2) is 26.2 Å². The van der Waals surface area contributed by atoms with E-state index >= 15 is 0 Å². The second kappa shape index (κ2) is 9.59. The molecule has 0 heterocycles. The average molecular weight is 421 g/mol. The van der Waals surface area contributed by atoms with E-state index in [1.54, 1.807) is 14.2 Å². The van der Waals surface area contributed by atoms with E-state index in [1.165, 1.54) is 0 Å². The van der Waals surface area contributed by atoms with Crippen LogP contribution in [0.15, 0.2) is 46.9 Å². The van der Waals surface area contributed by atoms with Crippen molar-refractivity contribution in [3.63, 3.8) is 0 Å². The van der Waals surface area contributed by atoms with Crippen molar-refractivity contribution in [1.29, 1.82) is 0 Å². The lowest BCUT2D eigenvalue weighted by Crippen LogP contribution is -2.42. The zero-order valence-corrected chi connectivity index (χ0v) is 17.1. The molecule has 0 radical (unpaired) electrons. The molecule has 0 unspecified atom stereocenters. The molecule has 0 aliphatic carbocycles. The van der Waals surface area contributed by atoms with Gasteiger partial charge in [0.05, 0.1) is 24.7 Å². The number of rotatable bonds is 8. The molecule has 26 heavy (non-hydrogen) atoms. The number of methoxy groups -OCH3 is 2. The van der Waals surface area contributed by atoms with Crippen LogP contribution in [0.5, 0.6) is 11.5 Å². The Morgan fingerprint density at radius 3 is 2.35 bits per heavy atom. The van der Waals surface area contributed by atoms with Gasteiger partial charge in [-0.3, -0.25) is 10.1 Å².